The fraction of sp³-hybridized carbons (Fsp3) is 0.444. The van der Waals surface area contributed by atoms with E-state index < -0.39 is 0 Å². The van der Waals surface area contributed by atoms with Crippen molar-refractivity contribution in [1.29, 1.82) is 0 Å². The first-order chi connectivity index (χ1) is 10.7. The van der Waals surface area contributed by atoms with Crippen LogP contribution >= 0.6 is 0 Å². The van der Waals surface area contributed by atoms with E-state index in [1.165, 1.54) is 49.1 Å². The summed E-state index contributed by atoms with van der Waals surface area (Å²) in [5.41, 5.74) is 3.96. The van der Waals surface area contributed by atoms with Gasteiger partial charge in [-0.1, -0.05) is 19.3 Å². The Morgan fingerprint density at radius 3 is 2.82 bits per heavy atom. The summed E-state index contributed by atoms with van der Waals surface area (Å²) in [5.74, 6) is 1.72. The minimum atomic E-state index is 0.734. The van der Waals surface area contributed by atoms with Crippen LogP contribution in [0.5, 0.6) is 0 Å². The van der Waals surface area contributed by atoms with Gasteiger partial charge in [0.25, 0.3) is 0 Å². The molecule has 3 heterocycles. The van der Waals surface area contributed by atoms with Gasteiger partial charge in [0.2, 0.25) is 11.5 Å². The molecule has 22 heavy (non-hydrogen) atoms. The van der Waals surface area contributed by atoms with E-state index in [4.69, 9.17) is 0 Å². The van der Waals surface area contributed by atoms with Crippen LogP contribution in [0.3, 0.4) is 0 Å². The van der Waals surface area contributed by atoms with Gasteiger partial charge in [0.15, 0.2) is 6.20 Å². The number of rotatable bonds is 2. The lowest BCUT2D eigenvalue weighted by Crippen LogP contribution is -2.31. The molecule has 4 heteroatoms. The highest BCUT2D eigenvalue weighted by Crippen LogP contribution is 2.33. The van der Waals surface area contributed by atoms with Gasteiger partial charge in [-0.3, -0.25) is 4.40 Å². The van der Waals surface area contributed by atoms with Crippen LogP contribution in [0.4, 0.5) is 0 Å². The number of imidazole rings is 2. The Bertz CT molecular complexity index is 806. The molecule has 0 unspecified atom stereocenters. The molecular formula is C18H23N4+. The third kappa shape index (κ3) is 2.14. The van der Waals surface area contributed by atoms with Crippen molar-refractivity contribution in [1.82, 2.24) is 14.0 Å². The number of aromatic nitrogens is 4. The molecule has 0 aromatic carbocycles. The molecule has 0 amide bonds. The number of fused-ring (bicyclic) bond motifs is 1. The highest BCUT2D eigenvalue weighted by Gasteiger charge is 2.21. The van der Waals surface area contributed by atoms with Crippen molar-refractivity contribution in [2.24, 2.45) is 14.1 Å². The Balaban J connectivity index is 1.80. The molecule has 0 N–H and O–H groups in total. The Hall–Kier alpha value is -2.10. The normalized spacial score (nSPS) is 16.5. The van der Waals surface area contributed by atoms with E-state index in [0.717, 1.165) is 11.7 Å². The van der Waals surface area contributed by atoms with Crippen molar-refractivity contribution in [2.45, 2.75) is 38.0 Å². The van der Waals surface area contributed by atoms with E-state index in [2.05, 4.69) is 57.1 Å². The summed E-state index contributed by atoms with van der Waals surface area (Å²) in [4.78, 5) is 4.42. The number of hydrogen-bond donors (Lipinski definition) is 0. The summed E-state index contributed by atoms with van der Waals surface area (Å²) < 4.78 is 6.46. The molecule has 0 spiro atoms. The molecule has 1 aliphatic carbocycles. The second-order valence-corrected chi connectivity index (χ2v) is 6.50. The van der Waals surface area contributed by atoms with Crippen molar-refractivity contribution in [3.8, 4) is 11.4 Å². The topological polar surface area (TPSA) is 26.1 Å². The van der Waals surface area contributed by atoms with Gasteiger partial charge in [-0.2, -0.15) is 4.57 Å². The second kappa shape index (κ2) is 5.27. The van der Waals surface area contributed by atoms with Crippen molar-refractivity contribution in [2.75, 3.05) is 0 Å². The van der Waals surface area contributed by atoms with Crippen LogP contribution in [0, 0.1) is 0 Å². The molecule has 1 fully saturated rings. The van der Waals surface area contributed by atoms with Gasteiger partial charge in [0.1, 0.15) is 12.7 Å². The predicted molar refractivity (Wildman–Crippen MR) is 86.6 cm³/mol. The highest BCUT2D eigenvalue weighted by molar-refractivity contribution is 5.57. The van der Waals surface area contributed by atoms with Gasteiger partial charge in [0, 0.05) is 37.8 Å². The molecule has 3 aromatic rings. The van der Waals surface area contributed by atoms with Crippen LogP contribution in [0.1, 0.15) is 43.6 Å². The fourth-order valence-corrected chi connectivity index (χ4v) is 3.76. The maximum absolute atomic E-state index is 4.42. The zero-order valence-electron chi connectivity index (χ0n) is 13.4. The Morgan fingerprint density at radius 1 is 1.23 bits per heavy atom. The molecule has 1 saturated carbocycles. The lowest BCUT2D eigenvalue weighted by molar-refractivity contribution is -0.660. The highest BCUT2D eigenvalue weighted by atomic mass is 15.2. The van der Waals surface area contributed by atoms with Crippen LogP contribution in [-0.2, 0) is 14.1 Å². The molecule has 114 valence electrons. The van der Waals surface area contributed by atoms with Crippen LogP contribution in [-0.4, -0.2) is 14.0 Å². The van der Waals surface area contributed by atoms with Gasteiger partial charge in [-0.15, -0.1) is 0 Å². The Labute approximate surface area is 131 Å². The van der Waals surface area contributed by atoms with Crippen LogP contribution in [0.2, 0.25) is 0 Å². The fourth-order valence-electron chi connectivity index (χ4n) is 3.76. The first-order valence-corrected chi connectivity index (χ1v) is 8.22. The molecule has 1 aliphatic rings. The Morgan fingerprint density at radius 2 is 2.05 bits per heavy atom. The number of hydrogen-bond acceptors (Lipinski definition) is 1. The summed E-state index contributed by atoms with van der Waals surface area (Å²) in [6.07, 6.45) is 15.0. The molecule has 0 bridgehead atoms. The lowest BCUT2D eigenvalue weighted by atomic mass is 9.84. The van der Waals surface area contributed by atoms with E-state index in [1.807, 2.05) is 12.4 Å². The molecule has 0 atom stereocenters. The number of aryl methyl sites for hydroxylation is 2. The van der Waals surface area contributed by atoms with E-state index in [0.29, 0.717) is 0 Å². The maximum atomic E-state index is 4.42. The van der Waals surface area contributed by atoms with Gasteiger partial charge >= 0.3 is 0 Å². The molecule has 3 aromatic heterocycles. The predicted octanol–water partition coefficient (Wildman–Crippen LogP) is 3.21. The smallest absolute Gasteiger partial charge is 0.230 e. The number of pyridine rings is 1. The van der Waals surface area contributed by atoms with Crippen molar-refractivity contribution in [3.05, 3.63) is 42.5 Å². The Kier molecular flexibility index (Phi) is 3.25. The summed E-state index contributed by atoms with van der Waals surface area (Å²) in [7, 11) is 4.21. The monoisotopic (exact) mass is 295 g/mol. The first kappa shape index (κ1) is 13.6. The molecule has 4 rings (SSSR count). The van der Waals surface area contributed by atoms with Gasteiger partial charge in [-0.05, 0) is 24.3 Å². The van der Waals surface area contributed by atoms with E-state index >= 15 is 0 Å². The third-order valence-electron chi connectivity index (χ3n) is 5.08. The van der Waals surface area contributed by atoms with Gasteiger partial charge in [-0.25, -0.2) is 4.98 Å². The first-order valence-electron chi connectivity index (χ1n) is 8.22. The second-order valence-electron chi connectivity index (χ2n) is 6.50. The largest absolute Gasteiger partial charge is 0.308 e. The van der Waals surface area contributed by atoms with E-state index in [1.54, 1.807) is 0 Å². The molecule has 0 radical (unpaired) electrons. The van der Waals surface area contributed by atoms with Crippen LogP contribution < -0.4 is 4.57 Å². The zero-order valence-corrected chi connectivity index (χ0v) is 13.4. The van der Waals surface area contributed by atoms with Gasteiger partial charge in [0.05, 0.1) is 0 Å². The zero-order chi connectivity index (χ0) is 15.1. The maximum Gasteiger partial charge on any atom is 0.230 e. The summed E-state index contributed by atoms with van der Waals surface area (Å²) >= 11 is 0. The third-order valence-corrected chi connectivity index (χ3v) is 5.08. The summed E-state index contributed by atoms with van der Waals surface area (Å²) in [5, 5.41) is 0. The van der Waals surface area contributed by atoms with Crippen LogP contribution in [0.25, 0.3) is 17.2 Å². The van der Waals surface area contributed by atoms with Crippen LogP contribution in [0.15, 0.2) is 36.9 Å². The average Bonchev–Trinajstić information content (AvgIpc) is 3.12. The standard InChI is InChI=1S/C18H23N4/c1-20-10-8-15(14-6-4-3-5-7-14)12-16(20)17-13-22-11-9-19-18(22)21(17)2/h8-14H,3-7H2,1-2H3/q+1. The van der Waals surface area contributed by atoms with Crippen molar-refractivity contribution >= 4 is 5.78 Å². The van der Waals surface area contributed by atoms with E-state index in [-0.39, 0.29) is 0 Å². The van der Waals surface area contributed by atoms with E-state index in [9.17, 15) is 0 Å². The molecule has 0 saturated heterocycles. The summed E-state index contributed by atoms with van der Waals surface area (Å²) in [6, 6.07) is 4.68. The minimum Gasteiger partial charge on any atom is -0.308 e. The van der Waals surface area contributed by atoms with Crippen molar-refractivity contribution in [3.63, 3.8) is 0 Å². The summed E-state index contributed by atoms with van der Waals surface area (Å²) in [6.45, 7) is 0. The molecule has 4 nitrogen and oxygen atoms in total. The quantitative estimate of drug-likeness (QED) is 0.667. The SMILES string of the molecule is Cn1c(-c2cc(C3CCCCC3)cc[n+]2C)cn2ccnc12. The molecule has 0 aliphatic heterocycles. The van der Waals surface area contributed by atoms with Gasteiger partial charge < -0.3 is 4.57 Å². The minimum absolute atomic E-state index is 0.734. The number of nitrogens with zero attached hydrogens (tertiary/aromatic N) is 4. The average molecular weight is 295 g/mol. The lowest BCUT2D eigenvalue weighted by Gasteiger charge is -2.21. The van der Waals surface area contributed by atoms with Crippen molar-refractivity contribution < 1.29 is 4.57 Å². The molecular weight excluding hydrogens is 272 g/mol.